The number of fused-ring (bicyclic) bond motifs is 1. The molecule has 1 amide bonds. The van der Waals surface area contributed by atoms with Crippen LogP contribution < -0.4 is 15.7 Å². The van der Waals surface area contributed by atoms with Crippen LogP contribution in [0.25, 0.3) is 22.4 Å². The molecule has 0 saturated carbocycles. The molecule has 0 aliphatic carbocycles. The van der Waals surface area contributed by atoms with Crippen molar-refractivity contribution in [2.24, 2.45) is 0 Å². The molecule has 0 aliphatic rings. The number of benzene rings is 2. The Hall–Kier alpha value is -4.47. The Balaban J connectivity index is 1.26. The van der Waals surface area contributed by atoms with E-state index in [4.69, 9.17) is 18.3 Å². The molecular formula is C22H17N3O7. The molecule has 0 radical (unpaired) electrons. The van der Waals surface area contributed by atoms with Crippen molar-refractivity contribution in [3.8, 4) is 17.2 Å². The molecule has 10 heteroatoms. The largest absolute Gasteiger partial charge is 0.482 e. The topological polar surface area (TPSA) is 134 Å². The highest BCUT2D eigenvalue weighted by Crippen LogP contribution is 2.22. The van der Waals surface area contributed by atoms with E-state index in [1.807, 2.05) is 18.2 Å². The Kier molecular flexibility index (Phi) is 5.93. The van der Waals surface area contributed by atoms with Crippen LogP contribution in [-0.4, -0.2) is 35.3 Å². The van der Waals surface area contributed by atoms with Gasteiger partial charge in [0.15, 0.2) is 13.2 Å². The fourth-order valence-electron chi connectivity index (χ4n) is 2.85. The van der Waals surface area contributed by atoms with Gasteiger partial charge in [-0.2, -0.15) is 0 Å². The number of ether oxygens (including phenoxy) is 2. The first-order chi connectivity index (χ1) is 15.5. The van der Waals surface area contributed by atoms with Gasteiger partial charge in [0.25, 0.3) is 5.91 Å². The van der Waals surface area contributed by atoms with E-state index in [2.05, 4.69) is 15.5 Å². The van der Waals surface area contributed by atoms with E-state index < -0.39 is 30.7 Å². The van der Waals surface area contributed by atoms with Crippen LogP contribution in [0.5, 0.6) is 5.75 Å². The zero-order chi connectivity index (χ0) is 22.5. The standard InChI is InChI=1S/C22H17N3O7/c1-13-9-19(27)31-17-10-15(7-8-16(13)17)29-12-20(28)30-11-18(26)23-22-25-24-21(32-22)14-5-3-2-4-6-14/h2-10H,11-12H2,1H3,(H,23,25,26). The lowest BCUT2D eigenvalue weighted by molar-refractivity contribution is -0.149. The maximum atomic E-state index is 11.9. The molecule has 0 atom stereocenters. The van der Waals surface area contributed by atoms with Gasteiger partial charge in [-0.05, 0) is 36.8 Å². The van der Waals surface area contributed by atoms with Crippen molar-refractivity contribution in [1.29, 1.82) is 0 Å². The van der Waals surface area contributed by atoms with Gasteiger partial charge in [-0.1, -0.05) is 23.3 Å². The predicted octanol–water partition coefficient (Wildman–Crippen LogP) is 2.71. The second-order valence-electron chi connectivity index (χ2n) is 6.68. The highest BCUT2D eigenvalue weighted by atomic mass is 16.6. The van der Waals surface area contributed by atoms with Gasteiger partial charge >= 0.3 is 17.6 Å². The van der Waals surface area contributed by atoms with E-state index in [0.717, 1.165) is 10.9 Å². The van der Waals surface area contributed by atoms with Crippen LogP contribution in [0.1, 0.15) is 5.56 Å². The van der Waals surface area contributed by atoms with Gasteiger partial charge in [-0.25, -0.2) is 9.59 Å². The third kappa shape index (κ3) is 4.98. The number of nitrogens with zero attached hydrogens (tertiary/aromatic N) is 2. The number of amides is 1. The summed E-state index contributed by atoms with van der Waals surface area (Å²) in [4.78, 5) is 35.3. The van der Waals surface area contributed by atoms with Crippen LogP contribution in [0.15, 0.2) is 68.2 Å². The summed E-state index contributed by atoms with van der Waals surface area (Å²) in [6, 6.07) is 15.2. The van der Waals surface area contributed by atoms with Crippen molar-refractivity contribution >= 4 is 28.9 Å². The molecule has 4 aromatic rings. The van der Waals surface area contributed by atoms with Crippen LogP contribution >= 0.6 is 0 Å². The first-order valence-corrected chi connectivity index (χ1v) is 9.49. The molecule has 4 rings (SSSR count). The SMILES string of the molecule is Cc1cc(=O)oc2cc(OCC(=O)OCC(=O)Nc3nnc(-c4ccccc4)o3)ccc12. The molecule has 2 aromatic carbocycles. The van der Waals surface area contributed by atoms with Crippen LogP contribution in [0.3, 0.4) is 0 Å². The maximum absolute atomic E-state index is 11.9. The zero-order valence-electron chi connectivity index (χ0n) is 16.9. The predicted molar refractivity (Wildman–Crippen MR) is 112 cm³/mol. The summed E-state index contributed by atoms with van der Waals surface area (Å²) in [5.74, 6) is -0.856. The summed E-state index contributed by atoms with van der Waals surface area (Å²) < 4.78 is 20.7. The summed E-state index contributed by atoms with van der Waals surface area (Å²) in [7, 11) is 0. The second-order valence-corrected chi connectivity index (χ2v) is 6.68. The van der Waals surface area contributed by atoms with Crippen LogP contribution in [0.2, 0.25) is 0 Å². The number of esters is 1. The quantitative estimate of drug-likeness (QED) is 0.343. The highest BCUT2D eigenvalue weighted by molar-refractivity contribution is 5.91. The van der Waals surface area contributed by atoms with Gasteiger partial charge < -0.3 is 18.3 Å². The monoisotopic (exact) mass is 435 g/mol. The minimum Gasteiger partial charge on any atom is -0.482 e. The average Bonchev–Trinajstić information content (AvgIpc) is 3.25. The van der Waals surface area contributed by atoms with Crippen LogP contribution in [-0.2, 0) is 14.3 Å². The normalized spacial score (nSPS) is 10.7. The Bertz CT molecular complexity index is 1330. The molecule has 10 nitrogen and oxygen atoms in total. The van der Waals surface area contributed by atoms with Crippen molar-refractivity contribution in [2.75, 3.05) is 18.5 Å². The van der Waals surface area contributed by atoms with Crippen molar-refractivity contribution in [1.82, 2.24) is 10.2 Å². The third-order valence-corrected chi connectivity index (χ3v) is 4.34. The average molecular weight is 435 g/mol. The molecule has 0 saturated heterocycles. The van der Waals surface area contributed by atoms with Gasteiger partial charge in [0, 0.05) is 23.1 Å². The van der Waals surface area contributed by atoms with E-state index in [1.54, 1.807) is 31.2 Å². The lowest BCUT2D eigenvalue weighted by Crippen LogP contribution is -2.23. The smallest absolute Gasteiger partial charge is 0.344 e. The molecular weight excluding hydrogens is 418 g/mol. The zero-order valence-corrected chi connectivity index (χ0v) is 16.9. The lowest BCUT2D eigenvalue weighted by Gasteiger charge is -2.08. The third-order valence-electron chi connectivity index (χ3n) is 4.34. The Morgan fingerprint density at radius 1 is 1.00 bits per heavy atom. The van der Waals surface area contributed by atoms with E-state index in [-0.39, 0.29) is 11.9 Å². The fraction of sp³-hybridized carbons (Fsp3) is 0.136. The van der Waals surface area contributed by atoms with E-state index in [9.17, 15) is 14.4 Å². The Morgan fingerprint density at radius 3 is 2.62 bits per heavy atom. The molecule has 2 aromatic heterocycles. The molecule has 0 unspecified atom stereocenters. The van der Waals surface area contributed by atoms with Gasteiger partial charge in [0.1, 0.15) is 11.3 Å². The Morgan fingerprint density at radius 2 is 1.81 bits per heavy atom. The van der Waals surface area contributed by atoms with Crippen LogP contribution in [0.4, 0.5) is 6.01 Å². The summed E-state index contributed by atoms with van der Waals surface area (Å²) in [5, 5.41) is 10.7. The number of carbonyl (C=O) groups is 2. The molecule has 2 heterocycles. The molecule has 0 fully saturated rings. The van der Waals surface area contributed by atoms with Gasteiger partial charge in [-0.15, -0.1) is 5.10 Å². The minimum atomic E-state index is -0.763. The van der Waals surface area contributed by atoms with Gasteiger partial charge in [0.2, 0.25) is 5.89 Å². The highest BCUT2D eigenvalue weighted by Gasteiger charge is 2.14. The van der Waals surface area contributed by atoms with E-state index >= 15 is 0 Å². The minimum absolute atomic E-state index is 0.117. The number of hydrogen-bond acceptors (Lipinski definition) is 9. The number of nitrogens with one attached hydrogen (secondary N) is 1. The van der Waals surface area contributed by atoms with Crippen LogP contribution in [0, 0.1) is 6.92 Å². The van der Waals surface area contributed by atoms with Crippen molar-refractivity contribution in [2.45, 2.75) is 6.92 Å². The van der Waals surface area contributed by atoms with Gasteiger partial charge in [0.05, 0.1) is 0 Å². The van der Waals surface area contributed by atoms with E-state index in [0.29, 0.717) is 16.9 Å². The number of anilines is 1. The molecule has 0 spiro atoms. The van der Waals surface area contributed by atoms with Crippen molar-refractivity contribution in [3.05, 3.63) is 70.6 Å². The summed E-state index contributed by atoms with van der Waals surface area (Å²) in [5.41, 5.74) is 1.34. The van der Waals surface area contributed by atoms with Gasteiger partial charge in [-0.3, -0.25) is 10.1 Å². The molecule has 0 bridgehead atoms. The van der Waals surface area contributed by atoms with E-state index in [1.165, 1.54) is 12.1 Å². The number of aromatic nitrogens is 2. The molecule has 32 heavy (non-hydrogen) atoms. The fourth-order valence-corrected chi connectivity index (χ4v) is 2.85. The first kappa shape index (κ1) is 20.8. The van der Waals surface area contributed by atoms with Crippen molar-refractivity contribution < 1.29 is 27.9 Å². The number of hydrogen-bond donors (Lipinski definition) is 1. The summed E-state index contributed by atoms with van der Waals surface area (Å²) in [6.07, 6.45) is 0. The number of carbonyl (C=O) groups excluding carboxylic acids is 2. The molecule has 162 valence electrons. The Labute approximate surface area is 180 Å². The number of aryl methyl sites for hydroxylation is 1. The molecule has 0 aliphatic heterocycles. The maximum Gasteiger partial charge on any atom is 0.344 e. The lowest BCUT2D eigenvalue weighted by atomic mass is 10.1. The summed E-state index contributed by atoms with van der Waals surface area (Å²) in [6.45, 7) is 0.795. The number of rotatable bonds is 7. The van der Waals surface area contributed by atoms with Crippen molar-refractivity contribution in [3.63, 3.8) is 0 Å². The second kappa shape index (κ2) is 9.13. The first-order valence-electron chi connectivity index (χ1n) is 9.49. The summed E-state index contributed by atoms with van der Waals surface area (Å²) >= 11 is 0. The molecule has 1 N–H and O–H groups in total.